The standard InChI is InChI=1S/C14H20N2O/c1-16(11-13-6-2-3-9-15-13)10-8-12-5-4-7-14(12)17/h2-3,6,9,12H,4-5,7-8,10-11H2,1H3. The largest absolute Gasteiger partial charge is 0.301 e. The molecule has 1 heterocycles. The Balaban J connectivity index is 1.74. The molecule has 1 unspecified atom stereocenters. The normalized spacial score (nSPS) is 20.1. The van der Waals surface area contributed by atoms with Crippen molar-refractivity contribution in [1.29, 1.82) is 0 Å². The topological polar surface area (TPSA) is 33.2 Å². The summed E-state index contributed by atoms with van der Waals surface area (Å²) in [5.41, 5.74) is 1.09. The molecule has 0 saturated heterocycles. The lowest BCUT2D eigenvalue weighted by atomic mass is 10.0. The van der Waals surface area contributed by atoms with Crippen molar-refractivity contribution >= 4 is 5.78 Å². The van der Waals surface area contributed by atoms with E-state index in [4.69, 9.17) is 0 Å². The highest BCUT2D eigenvalue weighted by Crippen LogP contribution is 2.24. The Morgan fingerprint density at radius 3 is 3.00 bits per heavy atom. The third-order valence-electron chi connectivity index (χ3n) is 3.45. The van der Waals surface area contributed by atoms with E-state index in [1.807, 2.05) is 24.4 Å². The molecule has 1 atom stereocenters. The molecule has 0 spiro atoms. The van der Waals surface area contributed by atoms with Crippen molar-refractivity contribution in [2.75, 3.05) is 13.6 Å². The zero-order chi connectivity index (χ0) is 12.1. The predicted molar refractivity (Wildman–Crippen MR) is 67.5 cm³/mol. The van der Waals surface area contributed by atoms with E-state index in [0.717, 1.165) is 44.5 Å². The summed E-state index contributed by atoms with van der Waals surface area (Å²) in [4.78, 5) is 18.1. The fourth-order valence-electron chi connectivity index (χ4n) is 2.42. The summed E-state index contributed by atoms with van der Waals surface area (Å²) < 4.78 is 0. The van der Waals surface area contributed by atoms with Crippen molar-refractivity contribution < 1.29 is 4.79 Å². The Labute approximate surface area is 103 Å². The Bertz CT molecular complexity index is 364. The number of nitrogens with zero attached hydrogens (tertiary/aromatic N) is 2. The van der Waals surface area contributed by atoms with Gasteiger partial charge in [0.15, 0.2) is 0 Å². The summed E-state index contributed by atoms with van der Waals surface area (Å²) in [6.07, 6.45) is 5.81. The van der Waals surface area contributed by atoms with Crippen molar-refractivity contribution in [1.82, 2.24) is 9.88 Å². The van der Waals surface area contributed by atoms with Gasteiger partial charge in [-0.2, -0.15) is 0 Å². The van der Waals surface area contributed by atoms with E-state index in [0.29, 0.717) is 11.7 Å². The van der Waals surface area contributed by atoms with Crippen molar-refractivity contribution in [2.24, 2.45) is 5.92 Å². The molecule has 0 aliphatic heterocycles. The lowest BCUT2D eigenvalue weighted by Gasteiger charge is -2.17. The first-order chi connectivity index (χ1) is 8.25. The molecule has 1 aromatic heterocycles. The molecule has 2 rings (SSSR count). The number of Topliss-reactive ketones (excluding diaryl/α,β-unsaturated/α-hetero) is 1. The Hall–Kier alpha value is -1.22. The van der Waals surface area contributed by atoms with Crippen LogP contribution in [0.4, 0.5) is 0 Å². The number of pyridine rings is 1. The first kappa shape index (κ1) is 12.2. The number of carbonyl (C=O) groups is 1. The number of carbonyl (C=O) groups excluding carboxylic acids is 1. The lowest BCUT2D eigenvalue weighted by molar-refractivity contribution is -0.120. The van der Waals surface area contributed by atoms with E-state index >= 15 is 0 Å². The van der Waals surface area contributed by atoms with Crippen molar-refractivity contribution in [3.8, 4) is 0 Å². The van der Waals surface area contributed by atoms with Gasteiger partial charge in [-0.1, -0.05) is 6.07 Å². The molecule has 3 heteroatoms. The summed E-state index contributed by atoms with van der Waals surface area (Å²) in [7, 11) is 2.09. The van der Waals surface area contributed by atoms with Crippen LogP contribution in [0.5, 0.6) is 0 Å². The van der Waals surface area contributed by atoms with Gasteiger partial charge in [0.25, 0.3) is 0 Å². The highest BCUT2D eigenvalue weighted by Gasteiger charge is 2.23. The van der Waals surface area contributed by atoms with Gasteiger partial charge in [-0.25, -0.2) is 0 Å². The fraction of sp³-hybridized carbons (Fsp3) is 0.571. The smallest absolute Gasteiger partial charge is 0.136 e. The number of aromatic nitrogens is 1. The molecule has 1 fully saturated rings. The van der Waals surface area contributed by atoms with Gasteiger partial charge in [0.05, 0.1) is 5.69 Å². The van der Waals surface area contributed by atoms with Crippen LogP contribution in [0.1, 0.15) is 31.4 Å². The van der Waals surface area contributed by atoms with Gasteiger partial charge >= 0.3 is 0 Å². The van der Waals surface area contributed by atoms with Gasteiger partial charge in [-0.15, -0.1) is 0 Å². The van der Waals surface area contributed by atoms with Gasteiger partial charge in [-0.3, -0.25) is 9.78 Å². The van der Waals surface area contributed by atoms with E-state index in [9.17, 15) is 4.79 Å². The lowest BCUT2D eigenvalue weighted by Crippen LogP contribution is -2.22. The molecule has 1 aliphatic rings. The Kier molecular flexibility index (Phi) is 4.26. The zero-order valence-electron chi connectivity index (χ0n) is 10.4. The second-order valence-corrected chi connectivity index (χ2v) is 4.90. The van der Waals surface area contributed by atoms with Crippen LogP contribution in [-0.2, 0) is 11.3 Å². The third-order valence-corrected chi connectivity index (χ3v) is 3.45. The molecule has 0 amide bonds. The minimum atomic E-state index is 0.321. The van der Waals surface area contributed by atoms with Gasteiger partial charge in [-0.05, 0) is 45.0 Å². The summed E-state index contributed by atoms with van der Waals surface area (Å²) in [5, 5.41) is 0. The summed E-state index contributed by atoms with van der Waals surface area (Å²) in [5.74, 6) is 0.789. The molecule has 17 heavy (non-hydrogen) atoms. The average Bonchev–Trinajstić information content (AvgIpc) is 2.74. The van der Waals surface area contributed by atoms with Gasteiger partial charge in [0.1, 0.15) is 5.78 Å². The van der Waals surface area contributed by atoms with Crippen LogP contribution in [0.3, 0.4) is 0 Å². The minimum absolute atomic E-state index is 0.321. The number of hydrogen-bond acceptors (Lipinski definition) is 3. The van der Waals surface area contributed by atoms with Crippen LogP contribution >= 0.6 is 0 Å². The molecule has 3 nitrogen and oxygen atoms in total. The van der Waals surface area contributed by atoms with E-state index in [-0.39, 0.29) is 0 Å². The SMILES string of the molecule is CN(CCC1CCCC1=O)Cc1ccccn1. The number of ketones is 1. The molecule has 0 aromatic carbocycles. The van der Waals surface area contributed by atoms with Crippen molar-refractivity contribution in [3.05, 3.63) is 30.1 Å². The molecular formula is C14H20N2O. The van der Waals surface area contributed by atoms with Crippen LogP contribution < -0.4 is 0 Å². The van der Waals surface area contributed by atoms with Crippen LogP contribution in [0, 0.1) is 5.92 Å². The van der Waals surface area contributed by atoms with E-state index in [1.54, 1.807) is 0 Å². The maximum Gasteiger partial charge on any atom is 0.136 e. The molecule has 1 saturated carbocycles. The second-order valence-electron chi connectivity index (χ2n) is 4.90. The van der Waals surface area contributed by atoms with E-state index < -0.39 is 0 Å². The molecule has 0 bridgehead atoms. The predicted octanol–water partition coefficient (Wildman–Crippen LogP) is 2.27. The summed E-state index contributed by atoms with van der Waals surface area (Å²) in [6, 6.07) is 5.98. The Morgan fingerprint density at radius 1 is 1.47 bits per heavy atom. The van der Waals surface area contributed by atoms with Gasteiger partial charge in [0.2, 0.25) is 0 Å². The molecule has 0 radical (unpaired) electrons. The Morgan fingerprint density at radius 2 is 2.35 bits per heavy atom. The number of rotatable bonds is 5. The highest BCUT2D eigenvalue weighted by atomic mass is 16.1. The molecular weight excluding hydrogens is 212 g/mol. The molecule has 92 valence electrons. The quantitative estimate of drug-likeness (QED) is 0.781. The summed E-state index contributed by atoms with van der Waals surface area (Å²) in [6.45, 7) is 1.84. The maximum absolute atomic E-state index is 11.5. The number of hydrogen-bond donors (Lipinski definition) is 0. The maximum atomic E-state index is 11.5. The average molecular weight is 232 g/mol. The monoisotopic (exact) mass is 232 g/mol. The second kappa shape index (κ2) is 5.92. The molecule has 1 aromatic rings. The highest BCUT2D eigenvalue weighted by molar-refractivity contribution is 5.82. The van der Waals surface area contributed by atoms with Crippen LogP contribution in [0.2, 0.25) is 0 Å². The van der Waals surface area contributed by atoms with Crippen LogP contribution in [-0.4, -0.2) is 29.3 Å². The first-order valence-corrected chi connectivity index (χ1v) is 6.37. The summed E-state index contributed by atoms with van der Waals surface area (Å²) >= 11 is 0. The van der Waals surface area contributed by atoms with Crippen molar-refractivity contribution in [3.63, 3.8) is 0 Å². The van der Waals surface area contributed by atoms with Crippen molar-refractivity contribution in [2.45, 2.75) is 32.2 Å². The minimum Gasteiger partial charge on any atom is -0.301 e. The first-order valence-electron chi connectivity index (χ1n) is 6.37. The van der Waals surface area contributed by atoms with Gasteiger partial charge in [0, 0.05) is 25.1 Å². The van der Waals surface area contributed by atoms with Crippen LogP contribution in [0.25, 0.3) is 0 Å². The molecule has 1 aliphatic carbocycles. The molecule has 0 N–H and O–H groups in total. The van der Waals surface area contributed by atoms with E-state index in [1.165, 1.54) is 0 Å². The fourth-order valence-corrected chi connectivity index (χ4v) is 2.42. The van der Waals surface area contributed by atoms with Gasteiger partial charge < -0.3 is 4.90 Å². The van der Waals surface area contributed by atoms with E-state index in [2.05, 4.69) is 16.9 Å². The third kappa shape index (κ3) is 3.63. The zero-order valence-corrected chi connectivity index (χ0v) is 10.4. The van der Waals surface area contributed by atoms with Crippen LogP contribution in [0.15, 0.2) is 24.4 Å².